The van der Waals surface area contributed by atoms with Crippen LogP contribution < -0.4 is 14.8 Å². The van der Waals surface area contributed by atoms with Crippen molar-refractivity contribution in [1.82, 2.24) is 10.2 Å². The molecule has 0 fully saturated rings. The molecule has 2 aromatic rings. The highest BCUT2D eigenvalue weighted by atomic mass is 32.1. The molecule has 0 aliphatic carbocycles. The molecular weight excluding hydrogens is 362 g/mol. The van der Waals surface area contributed by atoms with Gasteiger partial charge in [-0.2, -0.15) is 8.78 Å². The number of amides is 1. The predicted octanol–water partition coefficient (Wildman–Crippen LogP) is 3.50. The van der Waals surface area contributed by atoms with Gasteiger partial charge in [-0.3, -0.25) is 9.69 Å². The number of methoxy groups -OCH3 is 1. The summed E-state index contributed by atoms with van der Waals surface area (Å²) in [6.45, 7) is 1.15. The number of ether oxygens (including phenoxy) is 2. The number of carbonyl (C=O) groups is 1. The van der Waals surface area contributed by atoms with Gasteiger partial charge in [-0.1, -0.05) is 19.1 Å². The van der Waals surface area contributed by atoms with Crippen molar-refractivity contribution in [2.75, 3.05) is 20.2 Å². The van der Waals surface area contributed by atoms with Crippen molar-refractivity contribution >= 4 is 17.2 Å². The molecule has 142 valence electrons. The second kappa shape index (κ2) is 10.1. The predicted molar refractivity (Wildman–Crippen MR) is 96.7 cm³/mol. The van der Waals surface area contributed by atoms with Gasteiger partial charge >= 0.3 is 6.61 Å². The van der Waals surface area contributed by atoms with E-state index in [1.807, 2.05) is 29.3 Å². The minimum Gasteiger partial charge on any atom is -0.493 e. The van der Waals surface area contributed by atoms with Gasteiger partial charge in [-0.05, 0) is 35.7 Å². The molecule has 1 heterocycles. The number of likely N-dealkylation sites (N-methyl/N-ethyl adjacent to an activating group) is 1. The summed E-state index contributed by atoms with van der Waals surface area (Å²) in [7, 11) is 1.37. The van der Waals surface area contributed by atoms with Crippen molar-refractivity contribution in [3.8, 4) is 11.5 Å². The van der Waals surface area contributed by atoms with Crippen LogP contribution in [0.4, 0.5) is 8.78 Å². The van der Waals surface area contributed by atoms with E-state index in [2.05, 4.69) is 10.1 Å². The zero-order valence-electron chi connectivity index (χ0n) is 14.7. The van der Waals surface area contributed by atoms with Crippen LogP contribution in [0.2, 0.25) is 0 Å². The van der Waals surface area contributed by atoms with Gasteiger partial charge in [-0.25, -0.2) is 0 Å². The highest BCUT2D eigenvalue weighted by molar-refractivity contribution is 7.09. The van der Waals surface area contributed by atoms with Crippen molar-refractivity contribution in [2.45, 2.75) is 26.6 Å². The molecule has 26 heavy (non-hydrogen) atoms. The number of rotatable bonds is 10. The first-order chi connectivity index (χ1) is 12.5. The minimum atomic E-state index is -2.92. The lowest BCUT2D eigenvalue weighted by molar-refractivity contribution is -0.122. The van der Waals surface area contributed by atoms with E-state index in [0.717, 1.165) is 18.7 Å². The van der Waals surface area contributed by atoms with Crippen LogP contribution in [0, 0.1) is 0 Å². The molecule has 0 bridgehead atoms. The summed E-state index contributed by atoms with van der Waals surface area (Å²) in [5.74, 6) is 0.0610. The van der Waals surface area contributed by atoms with E-state index >= 15 is 0 Å². The molecule has 1 amide bonds. The number of alkyl halides is 2. The molecule has 8 heteroatoms. The molecule has 0 radical (unpaired) electrons. The maximum absolute atomic E-state index is 12.3. The first-order valence-electron chi connectivity index (χ1n) is 8.15. The van der Waals surface area contributed by atoms with Gasteiger partial charge < -0.3 is 14.8 Å². The number of halogens is 2. The molecule has 0 unspecified atom stereocenters. The Hall–Kier alpha value is -2.19. The van der Waals surface area contributed by atoms with Crippen molar-refractivity contribution < 1.29 is 23.0 Å². The first-order valence-corrected chi connectivity index (χ1v) is 9.03. The Labute approximate surface area is 155 Å². The van der Waals surface area contributed by atoms with Crippen molar-refractivity contribution in [3.05, 3.63) is 46.2 Å². The van der Waals surface area contributed by atoms with E-state index in [-0.39, 0.29) is 30.5 Å². The Bertz CT molecular complexity index is 696. The van der Waals surface area contributed by atoms with Crippen LogP contribution in [-0.2, 0) is 17.9 Å². The molecule has 0 aliphatic heterocycles. The largest absolute Gasteiger partial charge is 0.493 e. The normalized spacial score (nSPS) is 11.0. The van der Waals surface area contributed by atoms with Gasteiger partial charge in [0, 0.05) is 18.0 Å². The average molecular weight is 384 g/mol. The van der Waals surface area contributed by atoms with Crippen LogP contribution in [0.25, 0.3) is 0 Å². The second-order valence-corrected chi connectivity index (χ2v) is 6.56. The van der Waals surface area contributed by atoms with Crippen LogP contribution in [-0.4, -0.2) is 37.6 Å². The third-order valence-corrected chi connectivity index (χ3v) is 4.57. The Morgan fingerprint density at radius 1 is 1.31 bits per heavy atom. The number of thiophene rings is 1. The SMILES string of the molecule is CCN(CC(=O)NCc1ccc(OC(F)F)c(OC)c1)Cc1cccs1. The van der Waals surface area contributed by atoms with Gasteiger partial charge in [-0.15, -0.1) is 11.3 Å². The van der Waals surface area contributed by atoms with E-state index in [9.17, 15) is 13.6 Å². The van der Waals surface area contributed by atoms with Crippen molar-refractivity contribution in [1.29, 1.82) is 0 Å². The van der Waals surface area contributed by atoms with Gasteiger partial charge in [0.25, 0.3) is 0 Å². The third-order valence-electron chi connectivity index (χ3n) is 3.71. The molecule has 2 rings (SSSR count). The zero-order chi connectivity index (χ0) is 18.9. The first kappa shape index (κ1) is 20.1. The van der Waals surface area contributed by atoms with Crippen LogP contribution in [0.5, 0.6) is 11.5 Å². The fourth-order valence-electron chi connectivity index (χ4n) is 2.38. The molecule has 1 aromatic carbocycles. The van der Waals surface area contributed by atoms with Gasteiger partial charge in [0.2, 0.25) is 5.91 Å². The van der Waals surface area contributed by atoms with Crippen LogP contribution >= 0.6 is 11.3 Å². The number of benzene rings is 1. The van der Waals surface area contributed by atoms with E-state index in [4.69, 9.17) is 4.74 Å². The van der Waals surface area contributed by atoms with Crippen LogP contribution in [0.3, 0.4) is 0 Å². The molecule has 0 spiro atoms. The monoisotopic (exact) mass is 384 g/mol. The third kappa shape index (κ3) is 6.27. The standard InChI is InChI=1S/C18H22F2N2O3S/c1-3-22(11-14-5-4-8-26-14)12-17(23)21-10-13-6-7-15(25-18(19)20)16(9-13)24-2/h4-9,18H,3,10-12H2,1-2H3,(H,21,23). The van der Waals surface area contributed by atoms with Crippen molar-refractivity contribution in [2.24, 2.45) is 0 Å². The Morgan fingerprint density at radius 3 is 2.73 bits per heavy atom. The Balaban J connectivity index is 1.87. The summed E-state index contributed by atoms with van der Waals surface area (Å²) in [6, 6.07) is 8.62. The lowest BCUT2D eigenvalue weighted by Crippen LogP contribution is -2.36. The summed E-state index contributed by atoms with van der Waals surface area (Å²) in [4.78, 5) is 15.4. The van der Waals surface area contributed by atoms with E-state index < -0.39 is 6.61 Å². The topological polar surface area (TPSA) is 50.8 Å². The van der Waals surface area contributed by atoms with Gasteiger partial charge in [0.05, 0.1) is 13.7 Å². The fraction of sp³-hybridized carbons (Fsp3) is 0.389. The lowest BCUT2D eigenvalue weighted by atomic mass is 10.2. The quantitative estimate of drug-likeness (QED) is 0.681. The molecule has 0 saturated heterocycles. The number of hydrogen-bond donors (Lipinski definition) is 1. The summed E-state index contributed by atoms with van der Waals surface area (Å²) < 4.78 is 34.1. The summed E-state index contributed by atoms with van der Waals surface area (Å²) in [6.07, 6.45) is 0. The van der Waals surface area contributed by atoms with Crippen LogP contribution in [0.1, 0.15) is 17.4 Å². The molecule has 1 aromatic heterocycles. The van der Waals surface area contributed by atoms with Crippen LogP contribution in [0.15, 0.2) is 35.7 Å². The zero-order valence-corrected chi connectivity index (χ0v) is 15.5. The molecule has 0 aliphatic rings. The van der Waals surface area contributed by atoms with E-state index in [1.54, 1.807) is 23.5 Å². The average Bonchev–Trinajstić information content (AvgIpc) is 3.12. The molecule has 5 nitrogen and oxygen atoms in total. The minimum absolute atomic E-state index is 0.0364. The maximum atomic E-state index is 12.3. The van der Waals surface area contributed by atoms with E-state index in [1.165, 1.54) is 18.1 Å². The summed E-state index contributed by atoms with van der Waals surface area (Å²) in [5, 5.41) is 4.85. The highest BCUT2D eigenvalue weighted by Gasteiger charge is 2.13. The number of hydrogen-bond acceptors (Lipinski definition) is 5. The maximum Gasteiger partial charge on any atom is 0.387 e. The van der Waals surface area contributed by atoms with Gasteiger partial charge in [0.15, 0.2) is 11.5 Å². The summed E-state index contributed by atoms with van der Waals surface area (Å²) >= 11 is 1.66. The molecule has 1 N–H and O–H groups in total. The second-order valence-electron chi connectivity index (χ2n) is 5.52. The highest BCUT2D eigenvalue weighted by Crippen LogP contribution is 2.29. The van der Waals surface area contributed by atoms with E-state index in [0.29, 0.717) is 0 Å². The molecule has 0 atom stereocenters. The van der Waals surface area contributed by atoms with Crippen molar-refractivity contribution in [3.63, 3.8) is 0 Å². The Kier molecular flexibility index (Phi) is 7.80. The molecular formula is C18H22F2N2O3S. The van der Waals surface area contributed by atoms with Gasteiger partial charge in [0.1, 0.15) is 0 Å². The smallest absolute Gasteiger partial charge is 0.387 e. The number of nitrogens with zero attached hydrogens (tertiary/aromatic N) is 1. The number of nitrogens with one attached hydrogen (secondary N) is 1. The molecule has 0 saturated carbocycles. The Morgan fingerprint density at radius 2 is 2.12 bits per heavy atom. The fourth-order valence-corrected chi connectivity index (χ4v) is 3.12. The summed E-state index contributed by atoms with van der Waals surface area (Å²) in [5.41, 5.74) is 0.734. The lowest BCUT2D eigenvalue weighted by Gasteiger charge is -2.19. The number of carbonyl (C=O) groups excluding carboxylic acids is 1.